The van der Waals surface area contributed by atoms with Crippen LogP contribution in [0.2, 0.25) is 0 Å². The van der Waals surface area contributed by atoms with Crippen molar-refractivity contribution >= 4 is 29.9 Å². The van der Waals surface area contributed by atoms with E-state index in [0.29, 0.717) is 0 Å². The summed E-state index contributed by atoms with van der Waals surface area (Å²) in [6.45, 7) is 13.6. The fraction of sp³-hybridized carbons (Fsp3) is 0.923. The van der Waals surface area contributed by atoms with Gasteiger partial charge in [0.25, 0.3) is 0 Å². The van der Waals surface area contributed by atoms with Crippen LogP contribution >= 0.6 is 24.0 Å². The zero-order chi connectivity index (χ0) is 13.7. The van der Waals surface area contributed by atoms with Crippen LogP contribution in [0.3, 0.4) is 0 Å². The second-order valence-electron chi connectivity index (χ2n) is 6.42. The molecule has 0 rings (SSSR count). The number of hydrogen-bond donors (Lipinski definition) is 2. The Balaban J connectivity index is 0. The summed E-state index contributed by atoms with van der Waals surface area (Å²) in [5.41, 5.74) is 0.120. The lowest BCUT2D eigenvalue weighted by Crippen LogP contribution is -2.50. The first-order valence-electron chi connectivity index (χ1n) is 6.12. The van der Waals surface area contributed by atoms with E-state index in [0.717, 1.165) is 12.5 Å². The molecule has 0 bridgehead atoms. The van der Waals surface area contributed by atoms with Gasteiger partial charge in [-0.05, 0) is 26.2 Å². The summed E-state index contributed by atoms with van der Waals surface area (Å²) in [4.78, 5) is 4.20. The van der Waals surface area contributed by atoms with Gasteiger partial charge in [0, 0.05) is 26.2 Å². The highest BCUT2D eigenvalue weighted by molar-refractivity contribution is 14.0. The molecule has 110 valence electrons. The Morgan fingerprint density at radius 3 is 1.94 bits per heavy atom. The van der Waals surface area contributed by atoms with Gasteiger partial charge >= 0.3 is 0 Å². The Kier molecular flexibility index (Phi) is 9.23. The Morgan fingerprint density at radius 2 is 1.67 bits per heavy atom. The van der Waals surface area contributed by atoms with Crippen molar-refractivity contribution in [2.24, 2.45) is 10.4 Å². The van der Waals surface area contributed by atoms with Crippen LogP contribution in [0.1, 0.15) is 41.5 Å². The Bertz CT molecular complexity index is 254. The summed E-state index contributed by atoms with van der Waals surface area (Å²) < 4.78 is 5.49. The third-order valence-electron chi connectivity index (χ3n) is 2.42. The van der Waals surface area contributed by atoms with Crippen LogP contribution in [0, 0.1) is 5.41 Å². The monoisotopic (exact) mass is 371 g/mol. The minimum absolute atomic E-state index is 0. The highest BCUT2D eigenvalue weighted by Gasteiger charge is 2.24. The Morgan fingerprint density at radius 1 is 1.17 bits per heavy atom. The second kappa shape index (κ2) is 8.19. The third-order valence-corrected chi connectivity index (χ3v) is 2.42. The number of aliphatic imine (C=N–C) groups is 1. The van der Waals surface area contributed by atoms with Crippen LogP contribution in [0.4, 0.5) is 0 Å². The topological polar surface area (TPSA) is 45.7 Å². The molecular weight excluding hydrogens is 341 g/mol. The van der Waals surface area contributed by atoms with E-state index in [1.165, 1.54) is 0 Å². The van der Waals surface area contributed by atoms with Crippen molar-refractivity contribution in [1.82, 2.24) is 10.6 Å². The first kappa shape index (κ1) is 20.3. The van der Waals surface area contributed by atoms with Gasteiger partial charge in [0.2, 0.25) is 0 Å². The molecule has 4 nitrogen and oxygen atoms in total. The number of rotatable bonds is 3. The van der Waals surface area contributed by atoms with Crippen molar-refractivity contribution in [1.29, 1.82) is 0 Å². The Hall–Kier alpha value is -0.0400. The van der Waals surface area contributed by atoms with Gasteiger partial charge in [0.05, 0.1) is 6.10 Å². The molecule has 1 atom stereocenters. The molecule has 0 aliphatic heterocycles. The van der Waals surface area contributed by atoms with E-state index in [1.54, 1.807) is 14.2 Å². The molecule has 0 radical (unpaired) electrons. The van der Waals surface area contributed by atoms with E-state index in [9.17, 15) is 0 Å². The normalized spacial score (nSPS) is 14.8. The molecule has 0 aromatic rings. The van der Waals surface area contributed by atoms with E-state index in [-0.39, 0.29) is 41.0 Å². The molecule has 0 spiro atoms. The highest BCUT2D eigenvalue weighted by atomic mass is 127. The van der Waals surface area contributed by atoms with Gasteiger partial charge in [0.1, 0.15) is 0 Å². The molecular formula is C13H30IN3O. The van der Waals surface area contributed by atoms with E-state index in [2.05, 4.69) is 57.2 Å². The minimum Gasteiger partial charge on any atom is -0.379 e. The average molecular weight is 371 g/mol. The molecule has 0 fully saturated rings. The van der Waals surface area contributed by atoms with Gasteiger partial charge < -0.3 is 15.4 Å². The van der Waals surface area contributed by atoms with Crippen LogP contribution in [0.5, 0.6) is 0 Å². The number of nitrogens with zero attached hydrogens (tertiary/aromatic N) is 1. The SMILES string of the molecule is CN=C(NCC(OC)C(C)(C)C)NC(C)(C)C.I. The predicted octanol–water partition coefficient (Wildman–Crippen LogP) is 2.63. The zero-order valence-corrected chi connectivity index (χ0v) is 15.4. The van der Waals surface area contributed by atoms with Gasteiger partial charge in [-0.3, -0.25) is 4.99 Å². The van der Waals surface area contributed by atoms with Gasteiger partial charge in [-0.2, -0.15) is 0 Å². The van der Waals surface area contributed by atoms with Crippen LogP contribution in [0.15, 0.2) is 4.99 Å². The predicted molar refractivity (Wildman–Crippen MR) is 89.9 cm³/mol. The van der Waals surface area contributed by atoms with Gasteiger partial charge in [0.15, 0.2) is 5.96 Å². The second-order valence-corrected chi connectivity index (χ2v) is 6.42. The van der Waals surface area contributed by atoms with E-state index < -0.39 is 0 Å². The molecule has 2 N–H and O–H groups in total. The van der Waals surface area contributed by atoms with E-state index >= 15 is 0 Å². The van der Waals surface area contributed by atoms with Crippen LogP contribution in [-0.4, -0.2) is 38.3 Å². The minimum atomic E-state index is 0. The van der Waals surface area contributed by atoms with Crippen LogP contribution < -0.4 is 10.6 Å². The number of ether oxygens (including phenoxy) is 1. The smallest absolute Gasteiger partial charge is 0.191 e. The lowest BCUT2D eigenvalue weighted by molar-refractivity contribution is 0.0204. The standard InChI is InChI=1S/C13H29N3O.HI/c1-12(2,3)10(17-8)9-15-11(14-7)16-13(4,5)6;/h10H,9H2,1-8H3,(H2,14,15,16);1H. The number of hydrogen-bond acceptors (Lipinski definition) is 2. The van der Waals surface area contributed by atoms with E-state index in [1.807, 2.05) is 0 Å². The zero-order valence-electron chi connectivity index (χ0n) is 13.0. The maximum atomic E-state index is 5.49. The average Bonchev–Trinajstić information content (AvgIpc) is 2.12. The summed E-state index contributed by atoms with van der Waals surface area (Å²) in [5, 5.41) is 6.62. The van der Waals surface area contributed by atoms with Crippen molar-refractivity contribution in [2.75, 3.05) is 20.7 Å². The third kappa shape index (κ3) is 8.97. The molecule has 0 aliphatic carbocycles. The van der Waals surface area contributed by atoms with Crippen LogP contribution in [-0.2, 0) is 4.74 Å². The molecule has 0 saturated heterocycles. The van der Waals surface area contributed by atoms with Crippen molar-refractivity contribution in [2.45, 2.75) is 53.2 Å². The quantitative estimate of drug-likeness (QED) is 0.456. The van der Waals surface area contributed by atoms with Gasteiger partial charge in [-0.15, -0.1) is 24.0 Å². The highest BCUT2D eigenvalue weighted by Crippen LogP contribution is 2.20. The number of guanidine groups is 1. The maximum absolute atomic E-state index is 5.49. The summed E-state index contributed by atoms with van der Waals surface area (Å²) >= 11 is 0. The van der Waals surface area contributed by atoms with Gasteiger partial charge in [-0.25, -0.2) is 0 Å². The fourth-order valence-electron chi connectivity index (χ4n) is 1.47. The number of nitrogens with one attached hydrogen (secondary N) is 2. The molecule has 1 unspecified atom stereocenters. The summed E-state index contributed by atoms with van der Waals surface area (Å²) in [5.74, 6) is 0.809. The summed E-state index contributed by atoms with van der Waals surface area (Å²) in [6, 6.07) is 0. The first-order chi connectivity index (χ1) is 7.60. The van der Waals surface area contributed by atoms with E-state index in [4.69, 9.17) is 4.74 Å². The molecule has 0 heterocycles. The van der Waals surface area contributed by atoms with Crippen molar-refractivity contribution in [3.63, 3.8) is 0 Å². The number of halogens is 1. The molecule has 0 saturated carbocycles. The molecule has 5 heteroatoms. The molecule has 0 aliphatic rings. The fourth-order valence-corrected chi connectivity index (χ4v) is 1.47. The lowest BCUT2D eigenvalue weighted by Gasteiger charge is -2.31. The number of methoxy groups -OCH3 is 1. The Labute approximate surface area is 129 Å². The summed E-state index contributed by atoms with van der Waals surface area (Å²) in [7, 11) is 3.53. The molecule has 18 heavy (non-hydrogen) atoms. The van der Waals surface area contributed by atoms with Crippen molar-refractivity contribution in [3.05, 3.63) is 0 Å². The van der Waals surface area contributed by atoms with Gasteiger partial charge in [-0.1, -0.05) is 20.8 Å². The van der Waals surface area contributed by atoms with Crippen LogP contribution in [0.25, 0.3) is 0 Å². The molecule has 0 aromatic carbocycles. The largest absolute Gasteiger partial charge is 0.379 e. The maximum Gasteiger partial charge on any atom is 0.191 e. The molecule has 0 aromatic heterocycles. The van der Waals surface area contributed by atoms with Crippen molar-refractivity contribution in [3.8, 4) is 0 Å². The van der Waals surface area contributed by atoms with Crippen molar-refractivity contribution < 1.29 is 4.74 Å². The lowest BCUT2D eigenvalue weighted by atomic mass is 9.89. The first-order valence-corrected chi connectivity index (χ1v) is 6.12. The molecule has 0 amide bonds. The summed E-state index contributed by atoms with van der Waals surface area (Å²) in [6.07, 6.45) is 0.154.